The van der Waals surface area contributed by atoms with E-state index in [1.807, 2.05) is 5.38 Å². The van der Waals surface area contributed by atoms with Gasteiger partial charge in [0.15, 0.2) is 23.9 Å². The third kappa shape index (κ3) is 2.45. The zero-order valence-corrected chi connectivity index (χ0v) is 15.9. The average Bonchev–Trinajstić information content (AvgIpc) is 3.42. The number of thiophene rings is 1. The Morgan fingerprint density at radius 1 is 1.36 bits per heavy atom. The molecule has 1 aliphatic rings. The van der Waals surface area contributed by atoms with Crippen LogP contribution in [0.15, 0.2) is 28.4 Å². The molecule has 4 aromatic rings. The number of halogens is 1. The molecule has 28 heavy (non-hydrogen) atoms. The Morgan fingerprint density at radius 3 is 3.07 bits per heavy atom. The molecule has 4 heterocycles. The van der Waals surface area contributed by atoms with Crippen LogP contribution in [0.4, 0.5) is 0 Å². The Balaban J connectivity index is 1.48. The van der Waals surface area contributed by atoms with E-state index in [-0.39, 0.29) is 29.5 Å². The lowest BCUT2D eigenvalue weighted by Gasteiger charge is -2.07. The van der Waals surface area contributed by atoms with Gasteiger partial charge in [-0.1, -0.05) is 11.6 Å². The van der Waals surface area contributed by atoms with Crippen LogP contribution in [0.1, 0.15) is 16.2 Å². The molecule has 0 N–H and O–H groups in total. The van der Waals surface area contributed by atoms with Crippen molar-refractivity contribution in [3.05, 3.63) is 50.3 Å². The molecule has 0 unspecified atom stereocenters. The Morgan fingerprint density at radius 2 is 2.21 bits per heavy atom. The van der Waals surface area contributed by atoms with Gasteiger partial charge in [-0.15, -0.1) is 21.5 Å². The summed E-state index contributed by atoms with van der Waals surface area (Å²) in [6.45, 7) is -0.0795. The van der Waals surface area contributed by atoms with E-state index < -0.39 is 5.97 Å². The fraction of sp³-hybridized carbons (Fsp3) is 0.176. The number of carbonyl (C=O) groups is 1. The number of ether oxygens (including phenoxy) is 3. The molecule has 0 aliphatic carbocycles. The van der Waals surface area contributed by atoms with E-state index in [9.17, 15) is 9.59 Å². The van der Waals surface area contributed by atoms with Gasteiger partial charge in [0.25, 0.3) is 5.56 Å². The van der Waals surface area contributed by atoms with Crippen molar-refractivity contribution in [1.82, 2.24) is 19.2 Å². The van der Waals surface area contributed by atoms with Crippen LogP contribution < -0.4 is 15.0 Å². The lowest BCUT2D eigenvalue weighted by molar-refractivity contribution is 0.0461. The quantitative estimate of drug-likeness (QED) is 0.471. The van der Waals surface area contributed by atoms with Gasteiger partial charge >= 0.3 is 5.97 Å². The number of aryl methyl sites for hydroxylation is 1. The second-order valence-electron chi connectivity index (χ2n) is 6.02. The number of hydrogen-bond donors (Lipinski definition) is 0. The first kappa shape index (κ1) is 17.0. The highest BCUT2D eigenvalue weighted by molar-refractivity contribution is 7.17. The first-order valence-corrected chi connectivity index (χ1v) is 9.37. The molecule has 3 aromatic heterocycles. The summed E-state index contributed by atoms with van der Waals surface area (Å²) in [6, 6.07) is 4.78. The number of hydrogen-bond acceptors (Lipinski definition) is 8. The van der Waals surface area contributed by atoms with Crippen LogP contribution in [0.2, 0.25) is 5.02 Å². The maximum Gasteiger partial charge on any atom is 0.338 e. The lowest BCUT2D eigenvalue weighted by atomic mass is 10.2. The fourth-order valence-electron chi connectivity index (χ4n) is 3.05. The Kier molecular flexibility index (Phi) is 3.78. The molecule has 0 atom stereocenters. The topological polar surface area (TPSA) is 97.0 Å². The third-order valence-electron chi connectivity index (χ3n) is 4.39. The van der Waals surface area contributed by atoms with Gasteiger partial charge in [0, 0.05) is 7.05 Å². The largest absolute Gasteiger partial charge is 0.454 e. The molecule has 0 bridgehead atoms. The first-order valence-electron chi connectivity index (χ1n) is 8.11. The molecule has 11 heteroatoms. The van der Waals surface area contributed by atoms with E-state index in [4.69, 9.17) is 25.8 Å². The minimum absolute atomic E-state index is 0.0502. The molecule has 0 radical (unpaired) electrons. The SMILES string of the molecule is Cn1c(=O)c2sccc2n2c(COC(=O)c3cc(Cl)c4c(c3)OCO4)nnc12. The Labute approximate surface area is 165 Å². The zero-order chi connectivity index (χ0) is 19.4. The number of benzene rings is 1. The molecule has 0 saturated carbocycles. The third-order valence-corrected chi connectivity index (χ3v) is 5.56. The Hall–Kier alpha value is -3.11. The number of fused-ring (bicyclic) bond motifs is 4. The van der Waals surface area contributed by atoms with Crippen LogP contribution in [0, 0.1) is 0 Å². The van der Waals surface area contributed by atoms with Gasteiger partial charge in [-0.25, -0.2) is 4.79 Å². The summed E-state index contributed by atoms with van der Waals surface area (Å²) in [4.78, 5) is 24.8. The van der Waals surface area contributed by atoms with Crippen LogP contribution in [0.5, 0.6) is 11.5 Å². The number of esters is 1. The van der Waals surface area contributed by atoms with Crippen molar-refractivity contribution in [3.8, 4) is 11.5 Å². The van der Waals surface area contributed by atoms with Crippen molar-refractivity contribution in [3.63, 3.8) is 0 Å². The molecular weight excluding hydrogens is 408 g/mol. The highest BCUT2D eigenvalue weighted by atomic mass is 35.5. The van der Waals surface area contributed by atoms with Crippen LogP contribution in [-0.2, 0) is 18.4 Å². The van der Waals surface area contributed by atoms with Gasteiger partial charge < -0.3 is 14.2 Å². The number of nitrogens with zero attached hydrogens (tertiary/aromatic N) is 4. The van der Waals surface area contributed by atoms with Gasteiger partial charge in [0.2, 0.25) is 12.6 Å². The number of aromatic nitrogens is 4. The van der Waals surface area contributed by atoms with Gasteiger partial charge in [-0.05, 0) is 23.6 Å². The first-order chi connectivity index (χ1) is 13.5. The van der Waals surface area contributed by atoms with E-state index in [0.29, 0.717) is 33.3 Å². The minimum Gasteiger partial charge on any atom is -0.454 e. The zero-order valence-electron chi connectivity index (χ0n) is 14.3. The van der Waals surface area contributed by atoms with E-state index in [2.05, 4.69) is 10.2 Å². The van der Waals surface area contributed by atoms with Crippen molar-refractivity contribution in [2.45, 2.75) is 6.61 Å². The predicted octanol–water partition coefficient (Wildman–Crippen LogP) is 2.38. The summed E-state index contributed by atoms with van der Waals surface area (Å²) in [7, 11) is 1.62. The molecule has 0 fully saturated rings. The molecular formula is C17H11ClN4O5S. The summed E-state index contributed by atoms with van der Waals surface area (Å²) < 4.78 is 19.6. The fourth-order valence-corrected chi connectivity index (χ4v) is 4.16. The average molecular weight is 419 g/mol. The van der Waals surface area contributed by atoms with Gasteiger partial charge in [-0.2, -0.15) is 0 Å². The van der Waals surface area contributed by atoms with Crippen molar-refractivity contribution in [1.29, 1.82) is 0 Å². The second-order valence-corrected chi connectivity index (χ2v) is 7.34. The summed E-state index contributed by atoms with van der Waals surface area (Å²) in [5, 5.41) is 10.2. The molecule has 5 rings (SSSR count). The van der Waals surface area contributed by atoms with Gasteiger partial charge in [0.05, 0.1) is 16.1 Å². The smallest absolute Gasteiger partial charge is 0.338 e. The summed E-state index contributed by atoms with van der Waals surface area (Å²) in [5.74, 6) is 0.968. The van der Waals surface area contributed by atoms with Crippen LogP contribution in [0.25, 0.3) is 16.0 Å². The van der Waals surface area contributed by atoms with Crippen LogP contribution >= 0.6 is 22.9 Å². The highest BCUT2D eigenvalue weighted by Crippen LogP contribution is 2.39. The standard InChI is InChI=1S/C17H11ClN4O5S/c1-21-15(23)14-10(2-3-28-14)22-12(19-20-17(21)22)6-25-16(24)8-4-9(18)13-11(5-8)26-7-27-13/h2-5H,6-7H2,1H3. The monoisotopic (exact) mass is 418 g/mol. The summed E-state index contributed by atoms with van der Waals surface area (Å²) in [6.07, 6.45) is 0. The van der Waals surface area contributed by atoms with Crippen molar-refractivity contribution in [2.24, 2.45) is 7.05 Å². The van der Waals surface area contributed by atoms with E-state index >= 15 is 0 Å². The highest BCUT2D eigenvalue weighted by Gasteiger charge is 2.22. The maximum absolute atomic E-state index is 12.5. The normalized spacial score (nSPS) is 12.8. The van der Waals surface area contributed by atoms with E-state index in [1.54, 1.807) is 17.5 Å². The molecule has 1 aromatic carbocycles. The van der Waals surface area contributed by atoms with Crippen molar-refractivity contribution >= 4 is 44.9 Å². The molecule has 142 valence electrons. The number of rotatable bonds is 3. The molecule has 1 aliphatic heterocycles. The predicted molar refractivity (Wildman–Crippen MR) is 100 cm³/mol. The van der Waals surface area contributed by atoms with Gasteiger partial charge in [-0.3, -0.25) is 13.8 Å². The summed E-state index contributed by atoms with van der Waals surface area (Å²) in [5.41, 5.74) is 0.755. The van der Waals surface area contributed by atoms with Crippen LogP contribution in [-0.4, -0.2) is 31.9 Å². The second kappa shape index (κ2) is 6.21. The molecule has 9 nitrogen and oxygen atoms in total. The maximum atomic E-state index is 12.5. The molecule has 0 amide bonds. The van der Waals surface area contributed by atoms with Gasteiger partial charge in [0.1, 0.15) is 4.70 Å². The van der Waals surface area contributed by atoms with Crippen molar-refractivity contribution in [2.75, 3.05) is 6.79 Å². The van der Waals surface area contributed by atoms with Crippen LogP contribution in [0.3, 0.4) is 0 Å². The lowest BCUT2D eigenvalue weighted by Crippen LogP contribution is -2.19. The Bertz CT molecular complexity index is 1320. The minimum atomic E-state index is -0.594. The summed E-state index contributed by atoms with van der Waals surface area (Å²) >= 11 is 7.44. The molecule has 0 saturated heterocycles. The molecule has 0 spiro atoms. The number of carbonyl (C=O) groups excluding carboxylic acids is 1. The van der Waals surface area contributed by atoms with E-state index in [1.165, 1.54) is 28.0 Å². The van der Waals surface area contributed by atoms with Crippen molar-refractivity contribution < 1.29 is 19.0 Å². The van der Waals surface area contributed by atoms with E-state index in [0.717, 1.165) is 0 Å².